The highest BCUT2D eigenvalue weighted by molar-refractivity contribution is 5.91. The average Bonchev–Trinajstić information content (AvgIpc) is 2.48. The smallest absolute Gasteiger partial charge is 0.338 e. The summed E-state index contributed by atoms with van der Waals surface area (Å²) in [5, 5.41) is 56.2. The zero-order valence-corrected chi connectivity index (χ0v) is 11.3. The Morgan fingerprint density at radius 1 is 1.14 bits per heavy atom. The minimum atomic E-state index is -1.43. The van der Waals surface area contributed by atoms with Gasteiger partial charge in [-0.15, -0.1) is 0 Å². The molecule has 2 rings (SSSR count). The average molecular weight is 316 g/mol. The molecule has 1 heterocycles. The molecular formula is C13H16O9. The third kappa shape index (κ3) is 3.22. The van der Waals surface area contributed by atoms with Crippen molar-refractivity contribution < 1.29 is 44.9 Å². The van der Waals surface area contributed by atoms with E-state index in [1.807, 2.05) is 0 Å². The molecule has 6 N–H and O–H groups in total. The van der Waals surface area contributed by atoms with Crippen LogP contribution in [-0.4, -0.2) is 74.2 Å². The van der Waals surface area contributed by atoms with Gasteiger partial charge >= 0.3 is 5.97 Å². The molecule has 0 radical (unpaired) electrons. The second kappa shape index (κ2) is 6.36. The number of esters is 1. The monoisotopic (exact) mass is 316 g/mol. The summed E-state index contributed by atoms with van der Waals surface area (Å²) < 4.78 is 9.90. The number of carbonyl (C=O) groups excluding carboxylic acids is 1. The first kappa shape index (κ1) is 16.3. The maximum absolute atomic E-state index is 11.8. The van der Waals surface area contributed by atoms with Crippen LogP contribution in [0, 0.1) is 0 Å². The summed E-state index contributed by atoms with van der Waals surface area (Å²) in [6.07, 6.45) is -5.10. The first-order chi connectivity index (χ1) is 10.3. The van der Waals surface area contributed by atoms with Gasteiger partial charge in [-0.3, -0.25) is 0 Å². The van der Waals surface area contributed by atoms with E-state index in [9.17, 15) is 35.4 Å². The van der Waals surface area contributed by atoms with Crippen molar-refractivity contribution in [2.24, 2.45) is 0 Å². The Bertz CT molecular complexity index is 535. The summed E-state index contributed by atoms with van der Waals surface area (Å²) in [6.45, 7) is -0.632. The standard InChI is InChI=1S/C13H16O9/c14-6-1-5(2-7(15)10(6)17)13(20)22-4-9-12(19)11(18)8(16)3-21-9/h1-2,8-9,11-12,14-19H,3-4H2/t8-,9+,11+,12+/m1/s1. The molecule has 9 heteroatoms. The van der Waals surface area contributed by atoms with Gasteiger partial charge in [-0.1, -0.05) is 0 Å². The fraction of sp³-hybridized carbons (Fsp3) is 0.462. The Morgan fingerprint density at radius 3 is 2.32 bits per heavy atom. The maximum Gasteiger partial charge on any atom is 0.338 e. The lowest BCUT2D eigenvalue weighted by atomic mass is 10.0. The Balaban J connectivity index is 1.98. The van der Waals surface area contributed by atoms with E-state index < -0.39 is 54.2 Å². The van der Waals surface area contributed by atoms with E-state index in [1.54, 1.807) is 0 Å². The molecular weight excluding hydrogens is 300 g/mol. The maximum atomic E-state index is 11.8. The van der Waals surface area contributed by atoms with Crippen LogP contribution in [0.25, 0.3) is 0 Å². The molecule has 0 unspecified atom stereocenters. The van der Waals surface area contributed by atoms with E-state index in [0.29, 0.717) is 0 Å². The van der Waals surface area contributed by atoms with E-state index in [2.05, 4.69) is 0 Å². The summed E-state index contributed by atoms with van der Waals surface area (Å²) in [4.78, 5) is 11.8. The van der Waals surface area contributed by atoms with Crippen molar-refractivity contribution in [2.75, 3.05) is 13.2 Å². The molecule has 1 aromatic rings. The summed E-state index contributed by atoms with van der Waals surface area (Å²) in [6, 6.07) is 1.79. The number of carbonyl (C=O) groups is 1. The van der Waals surface area contributed by atoms with E-state index in [0.717, 1.165) is 12.1 Å². The summed E-state index contributed by atoms with van der Waals surface area (Å²) in [5.74, 6) is -3.10. The number of benzene rings is 1. The van der Waals surface area contributed by atoms with Crippen LogP contribution in [0.1, 0.15) is 10.4 Å². The Kier molecular flexibility index (Phi) is 4.71. The number of phenolic OH excluding ortho intramolecular Hbond substituents is 3. The van der Waals surface area contributed by atoms with Gasteiger partial charge in [-0.05, 0) is 12.1 Å². The molecule has 0 aliphatic carbocycles. The normalized spacial score (nSPS) is 28.3. The van der Waals surface area contributed by atoms with Crippen molar-refractivity contribution in [2.45, 2.75) is 24.4 Å². The highest BCUT2D eigenvalue weighted by atomic mass is 16.6. The summed E-state index contributed by atoms with van der Waals surface area (Å²) in [7, 11) is 0. The Morgan fingerprint density at radius 2 is 1.73 bits per heavy atom. The fourth-order valence-corrected chi connectivity index (χ4v) is 1.98. The molecule has 22 heavy (non-hydrogen) atoms. The number of hydrogen-bond acceptors (Lipinski definition) is 9. The van der Waals surface area contributed by atoms with Crippen LogP contribution >= 0.6 is 0 Å². The lowest BCUT2D eigenvalue weighted by Crippen LogP contribution is -2.54. The molecule has 0 spiro atoms. The highest BCUT2D eigenvalue weighted by Gasteiger charge is 2.38. The number of rotatable bonds is 3. The van der Waals surface area contributed by atoms with Crippen molar-refractivity contribution in [3.63, 3.8) is 0 Å². The number of aliphatic hydroxyl groups is 3. The van der Waals surface area contributed by atoms with Gasteiger partial charge < -0.3 is 40.1 Å². The largest absolute Gasteiger partial charge is 0.504 e. The number of aliphatic hydroxyl groups excluding tert-OH is 3. The van der Waals surface area contributed by atoms with Crippen molar-refractivity contribution in [1.29, 1.82) is 0 Å². The zero-order chi connectivity index (χ0) is 16.4. The quantitative estimate of drug-likeness (QED) is 0.286. The van der Waals surface area contributed by atoms with Crippen molar-refractivity contribution >= 4 is 5.97 Å². The number of phenols is 3. The number of aromatic hydroxyl groups is 3. The SMILES string of the molecule is O=C(OC[C@@H]1OC[C@@H](O)[C@H](O)[C@H]1O)c1cc(O)c(O)c(O)c1. The third-order valence-electron chi connectivity index (χ3n) is 3.29. The van der Waals surface area contributed by atoms with Crippen LogP contribution in [0.3, 0.4) is 0 Å². The molecule has 122 valence electrons. The molecule has 9 nitrogen and oxygen atoms in total. The summed E-state index contributed by atoms with van der Waals surface area (Å²) >= 11 is 0. The Labute approximate surface area is 124 Å². The van der Waals surface area contributed by atoms with Gasteiger partial charge in [-0.2, -0.15) is 0 Å². The molecule has 1 aromatic carbocycles. The lowest BCUT2D eigenvalue weighted by molar-refractivity contribution is -0.195. The second-order valence-corrected chi connectivity index (χ2v) is 4.88. The van der Waals surface area contributed by atoms with E-state index >= 15 is 0 Å². The predicted molar refractivity (Wildman–Crippen MR) is 69.5 cm³/mol. The molecule has 0 aromatic heterocycles. The minimum absolute atomic E-state index is 0.221. The van der Waals surface area contributed by atoms with Crippen LogP contribution < -0.4 is 0 Å². The molecule has 1 aliphatic rings. The van der Waals surface area contributed by atoms with Crippen molar-refractivity contribution in [3.8, 4) is 17.2 Å². The van der Waals surface area contributed by atoms with Gasteiger partial charge in [0, 0.05) is 0 Å². The lowest BCUT2D eigenvalue weighted by Gasteiger charge is -2.34. The molecule has 1 saturated heterocycles. The topological polar surface area (TPSA) is 157 Å². The predicted octanol–water partition coefficient (Wildman–Crippen LogP) is -1.56. The number of ether oxygens (including phenoxy) is 2. The van der Waals surface area contributed by atoms with Gasteiger partial charge in [0.25, 0.3) is 0 Å². The van der Waals surface area contributed by atoms with E-state index in [1.165, 1.54) is 0 Å². The third-order valence-corrected chi connectivity index (χ3v) is 3.29. The number of hydrogen-bond donors (Lipinski definition) is 6. The summed E-state index contributed by atoms with van der Waals surface area (Å²) in [5.41, 5.74) is -0.223. The fourth-order valence-electron chi connectivity index (χ4n) is 1.98. The molecule has 0 amide bonds. The van der Waals surface area contributed by atoms with Crippen LogP contribution in [-0.2, 0) is 9.47 Å². The molecule has 0 bridgehead atoms. The first-order valence-electron chi connectivity index (χ1n) is 6.39. The van der Waals surface area contributed by atoms with Gasteiger partial charge in [0.15, 0.2) is 17.2 Å². The zero-order valence-electron chi connectivity index (χ0n) is 11.3. The van der Waals surface area contributed by atoms with Crippen molar-refractivity contribution in [1.82, 2.24) is 0 Å². The minimum Gasteiger partial charge on any atom is -0.504 e. The van der Waals surface area contributed by atoms with Crippen molar-refractivity contribution in [3.05, 3.63) is 17.7 Å². The Hall–Kier alpha value is -2.07. The van der Waals surface area contributed by atoms with Crippen LogP contribution in [0.4, 0.5) is 0 Å². The van der Waals surface area contributed by atoms with E-state index in [4.69, 9.17) is 9.47 Å². The van der Waals surface area contributed by atoms with Gasteiger partial charge in [0.05, 0.1) is 12.2 Å². The highest BCUT2D eigenvalue weighted by Crippen LogP contribution is 2.35. The van der Waals surface area contributed by atoms with Gasteiger partial charge in [-0.25, -0.2) is 4.79 Å². The van der Waals surface area contributed by atoms with Crippen LogP contribution in [0.15, 0.2) is 12.1 Å². The molecule has 4 atom stereocenters. The molecule has 1 fully saturated rings. The second-order valence-electron chi connectivity index (χ2n) is 4.88. The van der Waals surface area contributed by atoms with Gasteiger partial charge in [0.1, 0.15) is 31.0 Å². The van der Waals surface area contributed by atoms with Gasteiger partial charge in [0.2, 0.25) is 0 Å². The first-order valence-corrected chi connectivity index (χ1v) is 6.39. The van der Waals surface area contributed by atoms with E-state index in [-0.39, 0.29) is 12.2 Å². The van der Waals surface area contributed by atoms with Crippen LogP contribution in [0.5, 0.6) is 17.2 Å². The van der Waals surface area contributed by atoms with Crippen LogP contribution in [0.2, 0.25) is 0 Å². The molecule has 1 aliphatic heterocycles. The molecule has 0 saturated carbocycles.